The molecule has 9 heteroatoms. The molecule has 32 heavy (non-hydrogen) atoms. The van der Waals surface area contributed by atoms with Crippen LogP contribution in [0.15, 0.2) is 12.4 Å². The zero-order chi connectivity index (χ0) is 23.1. The highest BCUT2D eigenvalue weighted by molar-refractivity contribution is 5.68. The standard InChI is InChI=1S/C23H36N6O3/c1-17-15-28-16-18(25-20(28)19(24-17)26-11-13-31-14-12-26)23(5,6)29-9-7-27(8-10-29)21(30)32-22(2,3)4/h15-16H,7-14H2,1-6H3. The molecule has 0 saturated carbocycles. The zero-order valence-corrected chi connectivity index (χ0v) is 20.2. The van der Waals surface area contributed by atoms with Crippen molar-refractivity contribution in [1.29, 1.82) is 0 Å². The summed E-state index contributed by atoms with van der Waals surface area (Å²) in [5, 5.41) is 0. The summed E-state index contributed by atoms with van der Waals surface area (Å²) >= 11 is 0. The normalized spacial score (nSPS) is 18.9. The third-order valence-electron chi connectivity index (χ3n) is 6.20. The van der Waals surface area contributed by atoms with Crippen molar-refractivity contribution in [1.82, 2.24) is 24.2 Å². The fraction of sp³-hybridized carbons (Fsp3) is 0.696. The summed E-state index contributed by atoms with van der Waals surface area (Å²) in [7, 11) is 0. The van der Waals surface area contributed by atoms with Crippen molar-refractivity contribution in [3.63, 3.8) is 0 Å². The van der Waals surface area contributed by atoms with E-state index in [1.54, 1.807) is 4.90 Å². The lowest BCUT2D eigenvalue weighted by molar-refractivity contribution is 0.000758. The Labute approximate surface area is 190 Å². The molecule has 0 aromatic carbocycles. The summed E-state index contributed by atoms with van der Waals surface area (Å²) in [6.45, 7) is 18.0. The topological polar surface area (TPSA) is 75.4 Å². The van der Waals surface area contributed by atoms with Crippen LogP contribution in [0.2, 0.25) is 0 Å². The fourth-order valence-electron chi connectivity index (χ4n) is 4.32. The Bertz CT molecular complexity index is 966. The van der Waals surface area contributed by atoms with Crippen LogP contribution in [0.4, 0.5) is 10.6 Å². The molecule has 2 aliphatic rings. The largest absolute Gasteiger partial charge is 0.444 e. The Hall–Kier alpha value is -2.39. The minimum absolute atomic E-state index is 0.237. The maximum Gasteiger partial charge on any atom is 0.410 e. The SMILES string of the molecule is Cc1cn2cc(C(C)(C)N3CCN(C(=O)OC(C)(C)C)CC3)nc2c(N2CCOCC2)n1. The molecule has 0 atom stereocenters. The molecule has 2 aromatic heterocycles. The first-order chi connectivity index (χ1) is 15.0. The second kappa shape index (κ2) is 8.51. The van der Waals surface area contributed by atoms with Gasteiger partial charge in [-0.3, -0.25) is 4.90 Å². The summed E-state index contributed by atoms with van der Waals surface area (Å²) in [6.07, 6.45) is 3.92. The molecule has 4 heterocycles. The molecule has 0 bridgehead atoms. The van der Waals surface area contributed by atoms with Crippen LogP contribution in [0.25, 0.3) is 5.65 Å². The lowest BCUT2D eigenvalue weighted by Gasteiger charge is -2.43. The second-order valence-electron chi connectivity index (χ2n) is 10.2. The number of fused-ring (bicyclic) bond motifs is 1. The molecule has 9 nitrogen and oxygen atoms in total. The van der Waals surface area contributed by atoms with E-state index in [0.29, 0.717) is 26.3 Å². The molecule has 2 aromatic rings. The van der Waals surface area contributed by atoms with Crippen LogP contribution in [0.5, 0.6) is 0 Å². The number of carbonyl (C=O) groups excluding carboxylic acids is 1. The van der Waals surface area contributed by atoms with Crippen molar-refractivity contribution in [2.24, 2.45) is 0 Å². The van der Waals surface area contributed by atoms with Crippen LogP contribution in [-0.2, 0) is 15.0 Å². The number of piperazine rings is 1. The van der Waals surface area contributed by atoms with Crippen LogP contribution >= 0.6 is 0 Å². The summed E-state index contributed by atoms with van der Waals surface area (Å²) in [5.74, 6) is 0.921. The van der Waals surface area contributed by atoms with E-state index in [2.05, 4.69) is 34.2 Å². The molecule has 0 aliphatic carbocycles. The van der Waals surface area contributed by atoms with Crippen LogP contribution in [0.1, 0.15) is 46.0 Å². The van der Waals surface area contributed by atoms with E-state index in [1.807, 2.05) is 33.9 Å². The highest BCUT2D eigenvalue weighted by Gasteiger charge is 2.36. The number of rotatable bonds is 3. The van der Waals surface area contributed by atoms with Gasteiger partial charge in [0.1, 0.15) is 5.60 Å². The minimum atomic E-state index is -0.478. The van der Waals surface area contributed by atoms with Gasteiger partial charge in [-0.1, -0.05) is 0 Å². The summed E-state index contributed by atoms with van der Waals surface area (Å²) in [6, 6.07) is 0. The number of ether oxygens (including phenoxy) is 2. The van der Waals surface area contributed by atoms with Gasteiger partial charge in [0.15, 0.2) is 11.5 Å². The number of hydrogen-bond acceptors (Lipinski definition) is 7. The number of aromatic nitrogens is 3. The maximum absolute atomic E-state index is 12.4. The molecule has 0 spiro atoms. The number of nitrogens with zero attached hydrogens (tertiary/aromatic N) is 6. The van der Waals surface area contributed by atoms with Crippen molar-refractivity contribution in [3.8, 4) is 0 Å². The Morgan fingerprint density at radius 3 is 2.25 bits per heavy atom. The summed E-state index contributed by atoms with van der Waals surface area (Å²) in [5.41, 5.74) is 2.10. The molecule has 2 saturated heterocycles. The van der Waals surface area contributed by atoms with E-state index >= 15 is 0 Å². The molecular weight excluding hydrogens is 408 g/mol. The predicted octanol–water partition coefficient (Wildman–Crippen LogP) is 2.66. The van der Waals surface area contributed by atoms with Gasteiger partial charge in [0, 0.05) is 51.7 Å². The average molecular weight is 445 g/mol. The predicted molar refractivity (Wildman–Crippen MR) is 123 cm³/mol. The second-order valence-corrected chi connectivity index (χ2v) is 10.2. The van der Waals surface area contributed by atoms with Gasteiger partial charge in [0.2, 0.25) is 0 Å². The Morgan fingerprint density at radius 2 is 1.62 bits per heavy atom. The van der Waals surface area contributed by atoms with Crippen molar-refractivity contribution in [3.05, 3.63) is 23.8 Å². The van der Waals surface area contributed by atoms with Gasteiger partial charge in [0.25, 0.3) is 0 Å². The Balaban J connectivity index is 1.53. The number of aryl methyl sites for hydroxylation is 1. The third-order valence-corrected chi connectivity index (χ3v) is 6.20. The van der Waals surface area contributed by atoms with Gasteiger partial charge in [-0.2, -0.15) is 0 Å². The van der Waals surface area contributed by atoms with Crippen LogP contribution in [0.3, 0.4) is 0 Å². The molecule has 4 rings (SSSR count). The molecule has 176 valence electrons. The van der Waals surface area contributed by atoms with E-state index in [0.717, 1.165) is 49.0 Å². The number of anilines is 1. The first kappa shape index (κ1) is 22.8. The summed E-state index contributed by atoms with van der Waals surface area (Å²) < 4.78 is 13.1. The van der Waals surface area contributed by atoms with E-state index in [4.69, 9.17) is 19.4 Å². The van der Waals surface area contributed by atoms with Crippen LogP contribution in [-0.4, -0.2) is 88.3 Å². The van der Waals surface area contributed by atoms with Gasteiger partial charge in [-0.25, -0.2) is 14.8 Å². The smallest absolute Gasteiger partial charge is 0.410 e. The third kappa shape index (κ3) is 4.68. The van der Waals surface area contributed by atoms with Crippen molar-refractivity contribution < 1.29 is 14.3 Å². The van der Waals surface area contributed by atoms with Gasteiger partial charge < -0.3 is 23.7 Å². The lowest BCUT2D eigenvalue weighted by Crippen LogP contribution is -2.55. The molecular formula is C23H36N6O3. The van der Waals surface area contributed by atoms with E-state index in [9.17, 15) is 4.79 Å². The first-order valence-electron chi connectivity index (χ1n) is 11.5. The van der Waals surface area contributed by atoms with Gasteiger partial charge in [0.05, 0.1) is 30.1 Å². The van der Waals surface area contributed by atoms with E-state index in [-0.39, 0.29) is 11.6 Å². The van der Waals surface area contributed by atoms with Gasteiger partial charge >= 0.3 is 6.09 Å². The average Bonchev–Trinajstić information content (AvgIpc) is 3.17. The van der Waals surface area contributed by atoms with E-state index in [1.165, 1.54) is 0 Å². The first-order valence-corrected chi connectivity index (χ1v) is 11.5. The van der Waals surface area contributed by atoms with Crippen LogP contribution < -0.4 is 4.90 Å². The molecule has 0 N–H and O–H groups in total. The van der Waals surface area contributed by atoms with E-state index < -0.39 is 5.60 Å². The Morgan fingerprint density at radius 1 is 0.969 bits per heavy atom. The number of imidazole rings is 1. The lowest BCUT2D eigenvalue weighted by atomic mass is 9.98. The van der Waals surface area contributed by atoms with Gasteiger partial charge in [-0.05, 0) is 41.5 Å². The maximum atomic E-state index is 12.4. The van der Waals surface area contributed by atoms with Crippen molar-refractivity contribution in [2.45, 2.75) is 52.7 Å². The number of morpholine rings is 1. The quantitative estimate of drug-likeness (QED) is 0.720. The zero-order valence-electron chi connectivity index (χ0n) is 20.2. The van der Waals surface area contributed by atoms with Crippen LogP contribution in [0, 0.1) is 6.92 Å². The highest BCUT2D eigenvalue weighted by Crippen LogP contribution is 2.31. The molecule has 0 radical (unpaired) electrons. The molecule has 0 unspecified atom stereocenters. The molecule has 2 aliphatic heterocycles. The highest BCUT2D eigenvalue weighted by atomic mass is 16.6. The Kier molecular flexibility index (Phi) is 6.06. The molecule has 2 fully saturated rings. The number of carbonyl (C=O) groups is 1. The monoisotopic (exact) mass is 444 g/mol. The minimum Gasteiger partial charge on any atom is -0.444 e. The fourth-order valence-corrected chi connectivity index (χ4v) is 4.32. The number of amides is 1. The van der Waals surface area contributed by atoms with Crippen molar-refractivity contribution >= 4 is 17.6 Å². The van der Waals surface area contributed by atoms with Gasteiger partial charge in [-0.15, -0.1) is 0 Å². The molecule has 1 amide bonds. The summed E-state index contributed by atoms with van der Waals surface area (Å²) in [4.78, 5) is 28.7. The number of hydrogen-bond donors (Lipinski definition) is 0. The van der Waals surface area contributed by atoms with Crippen molar-refractivity contribution in [2.75, 3.05) is 57.4 Å².